The lowest BCUT2D eigenvalue weighted by molar-refractivity contribution is -0.124. The number of anilines is 2. The number of esters is 1. The summed E-state index contributed by atoms with van der Waals surface area (Å²) in [5, 5.41) is 2.71. The van der Waals surface area contributed by atoms with Crippen LogP contribution in [-0.4, -0.2) is 41.9 Å². The Morgan fingerprint density at radius 3 is 2.47 bits per heavy atom. The lowest BCUT2D eigenvalue weighted by Crippen LogP contribution is -2.37. The molecule has 9 nitrogen and oxygen atoms in total. The number of rotatable bonds is 7. The molecule has 1 aliphatic rings. The van der Waals surface area contributed by atoms with Crippen LogP contribution in [0.2, 0.25) is 0 Å². The third-order valence-electron chi connectivity index (χ3n) is 5.45. The number of hydrogen-bond donors (Lipinski definition) is 1. The number of nitrogens with zero attached hydrogens (tertiary/aromatic N) is 2. The molecule has 3 aromatic rings. The minimum Gasteiger partial charge on any atom is -0.467 e. The largest absolute Gasteiger partial charge is 0.467 e. The molecule has 9 heteroatoms. The maximum Gasteiger partial charge on any atom is 0.337 e. The average Bonchev–Trinajstić information content (AvgIpc) is 3.41. The van der Waals surface area contributed by atoms with Gasteiger partial charge in [0, 0.05) is 5.69 Å². The van der Waals surface area contributed by atoms with Gasteiger partial charge in [0.15, 0.2) is 0 Å². The summed E-state index contributed by atoms with van der Waals surface area (Å²) in [6.07, 6.45) is 1.24. The Morgan fingerprint density at radius 1 is 1.06 bits per heavy atom. The second kappa shape index (κ2) is 9.62. The highest BCUT2D eigenvalue weighted by atomic mass is 16.5. The van der Waals surface area contributed by atoms with E-state index in [1.54, 1.807) is 42.5 Å². The first-order chi connectivity index (χ1) is 16.4. The van der Waals surface area contributed by atoms with E-state index in [2.05, 4.69) is 10.1 Å². The first-order valence-corrected chi connectivity index (χ1v) is 10.6. The molecule has 2 heterocycles. The average molecular weight is 461 g/mol. The summed E-state index contributed by atoms with van der Waals surface area (Å²) in [5.41, 5.74) is 2.13. The van der Waals surface area contributed by atoms with Crippen LogP contribution in [0, 0.1) is 6.92 Å². The number of hydrogen-bond acceptors (Lipinski definition) is 6. The molecule has 1 unspecified atom stereocenters. The zero-order valence-corrected chi connectivity index (χ0v) is 18.7. The van der Waals surface area contributed by atoms with Crippen molar-refractivity contribution in [1.82, 2.24) is 4.90 Å². The Bertz CT molecular complexity index is 1220. The molecule has 0 radical (unpaired) electrons. The van der Waals surface area contributed by atoms with E-state index >= 15 is 0 Å². The van der Waals surface area contributed by atoms with Crippen LogP contribution in [0.3, 0.4) is 0 Å². The zero-order chi connectivity index (χ0) is 24.2. The second-order valence-electron chi connectivity index (χ2n) is 7.84. The molecule has 4 rings (SSSR count). The fourth-order valence-electron chi connectivity index (χ4n) is 3.78. The molecule has 1 aliphatic heterocycles. The number of nitrogens with one attached hydrogen (secondary N) is 1. The fourth-order valence-corrected chi connectivity index (χ4v) is 3.78. The van der Waals surface area contributed by atoms with Crippen molar-refractivity contribution in [1.29, 1.82) is 0 Å². The highest BCUT2D eigenvalue weighted by Crippen LogP contribution is 2.29. The Hall–Kier alpha value is -4.40. The highest BCUT2D eigenvalue weighted by molar-refractivity contribution is 6.22. The second-order valence-corrected chi connectivity index (χ2v) is 7.84. The molecule has 0 aliphatic carbocycles. The van der Waals surface area contributed by atoms with Gasteiger partial charge in [-0.3, -0.25) is 9.59 Å². The zero-order valence-electron chi connectivity index (χ0n) is 18.7. The number of amides is 4. The predicted octanol–water partition coefficient (Wildman–Crippen LogP) is 3.74. The Morgan fingerprint density at radius 2 is 1.82 bits per heavy atom. The van der Waals surface area contributed by atoms with Gasteiger partial charge in [-0.05, 0) is 61.0 Å². The SMILES string of the molecule is COC(=O)c1ccc(NC(=O)CC2C(=O)N(c3cccc(C)c3)C(=O)N2Cc2ccco2)cc1. The van der Waals surface area contributed by atoms with E-state index in [4.69, 9.17) is 4.42 Å². The number of imide groups is 1. The van der Waals surface area contributed by atoms with Crippen LogP contribution in [0.15, 0.2) is 71.3 Å². The van der Waals surface area contributed by atoms with Crippen molar-refractivity contribution in [3.8, 4) is 0 Å². The van der Waals surface area contributed by atoms with Gasteiger partial charge in [-0.25, -0.2) is 14.5 Å². The topological polar surface area (TPSA) is 109 Å². The number of carbonyl (C=O) groups excluding carboxylic acids is 4. The Labute approximate surface area is 195 Å². The summed E-state index contributed by atoms with van der Waals surface area (Å²) in [7, 11) is 1.28. The number of urea groups is 1. The van der Waals surface area contributed by atoms with Gasteiger partial charge in [0.1, 0.15) is 11.8 Å². The maximum absolute atomic E-state index is 13.3. The van der Waals surface area contributed by atoms with Crippen molar-refractivity contribution < 1.29 is 28.3 Å². The fraction of sp³-hybridized carbons (Fsp3) is 0.200. The summed E-state index contributed by atoms with van der Waals surface area (Å²) in [6, 6.07) is 15.1. The number of ether oxygens (including phenoxy) is 1. The van der Waals surface area contributed by atoms with E-state index in [0.29, 0.717) is 22.7 Å². The lowest BCUT2D eigenvalue weighted by atomic mass is 10.1. The first kappa shape index (κ1) is 22.8. The molecule has 174 valence electrons. The molecule has 4 amide bonds. The lowest BCUT2D eigenvalue weighted by Gasteiger charge is -2.20. The summed E-state index contributed by atoms with van der Waals surface area (Å²) >= 11 is 0. The number of benzene rings is 2. The molecule has 2 aromatic carbocycles. The van der Waals surface area contributed by atoms with Crippen molar-refractivity contribution in [2.45, 2.75) is 25.9 Å². The Kier molecular flexibility index (Phi) is 6.44. The van der Waals surface area contributed by atoms with E-state index in [0.717, 1.165) is 10.5 Å². The molecule has 1 atom stereocenters. The van der Waals surface area contributed by atoms with Crippen LogP contribution in [-0.2, 0) is 20.9 Å². The minimum absolute atomic E-state index is 0.0473. The van der Waals surface area contributed by atoms with Crippen LogP contribution < -0.4 is 10.2 Å². The van der Waals surface area contributed by atoms with Gasteiger partial charge in [0.05, 0.1) is 37.6 Å². The standard InChI is InChI=1S/C25H23N3O6/c1-16-5-3-6-19(13-16)28-23(30)21(27(25(28)32)15-20-7-4-12-34-20)14-22(29)26-18-10-8-17(9-11-18)24(31)33-2/h3-13,21H,14-15H2,1-2H3,(H,26,29). The van der Waals surface area contributed by atoms with Crippen molar-refractivity contribution in [3.05, 3.63) is 83.8 Å². The van der Waals surface area contributed by atoms with Crippen molar-refractivity contribution >= 4 is 35.2 Å². The smallest absolute Gasteiger partial charge is 0.337 e. The quantitative estimate of drug-likeness (QED) is 0.424. The first-order valence-electron chi connectivity index (χ1n) is 10.6. The van der Waals surface area contributed by atoms with Crippen molar-refractivity contribution in [2.75, 3.05) is 17.3 Å². The van der Waals surface area contributed by atoms with Gasteiger partial charge in [0.25, 0.3) is 5.91 Å². The van der Waals surface area contributed by atoms with Crippen LogP contribution >= 0.6 is 0 Å². The molecule has 0 spiro atoms. The monoisotopic (exact) mass is 461 g/mol. The molecule has 1 aromatic heterocycles. The molecule has 34 heavy (non-hydrogen) atoms. The maximum atomic E-state index is 13.3. The number of methoxy groups -OCH3 is 1. The van der Waals surface area contributed by atoms with E-state index in [-0.39, 0.29) is 13.0 Å². The number of aryl methyl sites for hydroxylation is 1. The molecule has 0 bridgehead atoms. The number of carbonyl (C=O) groups is 4. The summed E-state index contributed by atoms with van der Waals surface area (Å²) < 4.78 is 10.0. The van der Waals surface area contributed by atoms with Crippen LogP contribution in [0.5, 0.6) is 0 Å². The molecule has 1 N–H and O–H groups in total. The predicted molar refractivity (Wildman–Crippen MR) is 123 cm³/mol. The van der Waals surface area contributed by atoms with Crippen LogP contribution in [0.4, 0.5) is 16.2 Å². The van der Waals surface area contributed by atoms with E-state index in [1.807, 2.05) is 13.0 Å². The van der Waals surface area contributed by atoms with Crippen LogP contribution in [0.25, 0.3) is 0 Å². The summed E-state index contributed by atoms with van der Waals surface area (Å²) in [6.45, 7) is 1.91. The van der Waals surface area contributed by atoms with Gasteiger partial charge < -0.3 is 19.4 Å². The molecular weight excluding hydrogens is 438 g/mol. The Balaban J connectivity index is 1.54. The van der Waals surface area contributed by atoms with Crippen LogP contribution in [0.1, 0.15) is 28.1 Å². The van der Waals surface area contributed by atoms with Gasteiger partial charge >= 0.3 is 12.0 Å². The molecule has 1 saturated heterocycles. The van der Waals surface area contributed by atoms with E-state index < -0.39 is 29.9 Å². The van der Waals surface area contributed by atoms with Crippen molar-refractivity contribution in [3.63, 3.8) is 0 Å². The minimum atomic E-state index is -1.01. The summed E-state index contributed by atoms with van der Waals surface area (Å²) in [5.74, 6) is -0.931. The number of furan rings is 1. The highest BCUT2D eigenvalue weighted by Gasteiger charge is 2.47. The van der Waals surface area contributed by atoms with Gasteiger partial charge in [-0.1, -0.05) is 12.1 Å². The molecule has 1 fully saturated rings. The molecule has 0 saturated carbocycles. The van der Waals surface area contributed by atoms with Crippen molar-refractivity contribution in [2.24, 2.45) is 0 Å². The third-order valence-corrected chi connectivity index (χ3v) is 5.45. The van der Waals surface area contributed by atoms with Gasteiger partial charge in [-0.15, -0.1) is 0 Å². The summed E-state index contributed by atoms with van der Waals surface area (Å²) in [4.78, 5) is 53.4. The third kappa shape index (κ3) is 4.68. The molecular formula is C25H23N3O6. The van der Waals surface area contributed by atoms with Gasteiger partial charge in [0.2, 0.25) is 5.91 Å². The van der Waals surface area contributed by atoms with Gasteiger partial charge in [-0.2, -0.15) is 0 Å². The normalized spacial score (nSPS) is 15.5. The van der Waals surface area contributed by atoms with E-state index in [1.165, 1.54) is 30.4 Å². The van der Waals surface area contributed by atoms with E-state index in [9.17, 15) is 19.2 Å².